The molecule has 0 heterocycles. The summed E-state index contributed by atoms with van der Waals surface area (Å²) in [7, 11) is 0. The van der Waals surface area contributed by atoms with E-state index in [0.29, 0.717) is 18.0 Å². The first kappa shape index (κ1) is 13.5. The normalized spacial score (nSPS) is 23.0. The van der Waals surface area contributed by atoms with E-state index in [1.807, 2.05) is 0 Å². The van der Waals surface area contributed by atoms with Crippen LogP contribution in [0.3, 0.4) is 0 Å². The van der Waals surface area contributed by atoms with E-state index in [0.717, 1.165) is 19.3 Å². The fraction of sp³-hybridized carbons (Fsp3) is 0.462. The highest BCUT2D eigenvalue weighted by Gasteiger charge is 2.25. The van der Waals surface area contributed by atoms with Crippen molar-refractivity contribution >= 4 is 29.1 Å². The van der Waals surface area contributed by atoms with Gasteiger partial charge in [-0.1, -0.05) is 18.0 Å². The van der Waals surface area contributed by atoms with Gasteiger partial charge in [-0.3, -0.25) is 4.79 Å². The van der Waals surface area contributed by atoms with Crippen molar-refractivity contribution in [2.24, 2.45) is 5.92 Å². The molecule has 2 rings (SSSR count). The Morgan fingerprint density at radius 3 is 2.83 bits per heavy atom. The van der Waals surface area contributed by atoms with E-state index < -0.39 is 0 Å². The minimum atomic E-state index is -0.187. The number of hydrogen-bond donors (Lipinski definition) is 2. The Morgan fingerprint density at radius 2 is 2.22 bits per heavy atom. The maximum absolute atomic E-state index is 11.9. The second-order valence-electron chi connectivity index (χ2n) is 4.58. The molecule has 1 fully saturated rings. The molecule has 18 heavy (non-hydrogen) atoms. The summed E-state index contributed by atoms with van der Waals surface area (Å²) in [6, 6.07) is 4.42. The lowest BCUT2D eigenvalue weighted by atomic mass is 10.1. The number of rotatable bonds is 3. The van der Waals surface area contributed by atoms with Gasteiger partial charge in [0.2, 0.25) is 0 Å². The Labute approximate surface area is 116 Å². The quantitative estimate of drug-likeness (QED) is 0.839. The molecule has 0 aromatic heterocycles. The van der Waals surface area contributed by atoms with Crippen molar-refractivity contribution in [2.45, 2.75) is 24.6 Å². The van der Waals surface area contributed by atoms with Crippen molar-refractivity contribution in [1.29, 1.82) is 0 Å². The molecule has 1 aromatic rings. The van der Waals surface area contributed by atoms with Gasteiger partial charge in [-0.2, -0.15) is 0 Å². The van der Waals surface area contributed by atoms with E-state index in [4.69, 9.17) is 23.2 Å². The summed E-state index contributed by atoms with van der Waals surface area (Å²) in [6.45, 7) is 0.589. The molecule has 1 aromatic carbocycles. The molecule has 3 nitrogen and oxygen atoms in total. The molecule has 2 atom stereocenters. The Kier molecular flexibility index (Phi) is 4.36. The Bertz CT molecular complexity index is 451. The first-order valence-corrected chi connectivity index (χ1v) is 6.80. The summed E-state index contributed by atoms with van der Waals surface area (Å²) in [5, 5.41) is 12.5. The van der Waals surface area contributed by atoms with Crippen molar-refractivity contribution in [3.05, 3.63) is 28.8 Å². The van der Waals surface area contributed by atoms with Crippen LogP contribution in [0.5, 0.6) is 5.75 Å². The smallest absolute Gasteiger partial charge is 0.251 e. The standard InChI is InChI=1S/C13H15Cl2NO2/c14-10-3-1-2-9(10)7-16-13(18)8-4-5-12(17)11(15)6-8/h4-6,9-10,17H,1-3,7H2,(H,16,18). The monoisotopic (exact) mass is 287 g/mol. The summed E-state index contributed by atoms with van der Waals surface area (Å²) >= 11 is 11.9. The summed E-state index contributed by atoms with van der Waals surface area (Å²) in [4.78, 5) is 11.9. The van der Waals surface area contributed by atoms with E-state index in [1.165, 1.54) is 12.1 Å². The molecular formula is C13H15Cl2NO2. The highest BCUT2D eigenvalue weighted by atomic mass is 35.5. The van der Waals surface area contributed by atoms with Crippen LogP contribution in [0.2, 0.25) is 5.02 Å². The van der Waals surface area contributed by atoms with Crippen LogP contribution < -0.4 is 5.32 Å². The number of alkyl halides is 1. The van der Waals surface area contributed by atoms with Gasteiger partial charge in [0, 0.05) is 17.5 Å². The predicted molar refractivity (Wildman–Crippen MR) is 72.4 cm³/mol. The molecular weight excluding hydrogens is 273 g/mol. The van der Waals surface area contributed by atoms with Gasteiger partial charge in [-0.25, -0.2) is 0 Å². The number of carbonyl (C=O) groups is 1. The zero-order chi connectivity index (χ0) is 13.1. The predicted octanol–water partition coefficient (Wildman–Crippen LogP) is 3.18. The highest BCUT2D eigenvalue weighted by molar-refractivity contribution is 6.32. The SMILES string of the molecule is O=C(NCC1CCCC1Cl)c1ccc(O)c(Cl)c1. The lowest BCUT2D eigenvalue weighted by molar-refractivity contribution is 0.0947. The molecule has 0 saturated heterocycles. The van der Waals surface area contributed by atoms with Crippen LogP contribution in [0.25, 0.3) is 0 Å². The maximum atomic E-state index is 11.9. The van der Waals surface area contributed by atoms with Crippen molar-refractivity contribution in [3.8, 4) is 5.75 Å². The molecule has 0 radical (unpaired) electrons. The van der Waals surface area contributed by atoms with Crippen molar-refractivity contribution in [1.82, 2.24) is 5.32 Å². The molecule has 98 valence electrons. The minimum Gasteiger partial charge on any atom is -0.506 e. The number of phenolic OH excluding ortho intramolecular Hbond substituents is 1. The third-order valence-electron chi connectivity index (χ3n) is 3.30. The number of nitrogens with one attached hydrogen (secondary N) is 1. The first-order chi connectivity index (χ1) is 8.58. The fourth-order valence-electron chi connectivity index (χ4n) is 2.20. The molecule has 1 aliphatic carbocycles. The molecule has 2 N–H and O–H groups in total. The summed E-state index contributed by atoms with van der Waals surface area (Å²) in [6.07, 6.45) is 3.21. The van der Waals surface area contributed by atoms with Crippen molar-refractivity contribution < 1.29 is 9.90 Å². The Morgan fingerprint density at radius 1 is 1.44 bits per heavy atom. The number of benzene rings is 1. The highest BCUT2D eigenvalue weighted by Crippen LogP contribution is 2.29. The van der Waals surface area contributed by atoms with Crippen LogP contribution in [0, 0.1) is 5.92 Å². The molecule has 5 heteroatoms. The van der Waals surface area contributed by atoms with Crippen molar-refractivity contribution in [2.75, 3.05) is 6.54 Å². The second kappa shape index (κ2) is 5.81. The average molecular weight is 288 g/mol. The number of halogens is 2. The molecule has 1 saturated carbocycles. The van der Waals surface area contributed by atoms with Crippen LogP contribution in [0.1, 0.15) is 29.6 Å². The van der Waals surface area contributed by atoms with E-state index >= 15 is 0 Å². The Hall–Kier alpha value is -0.930. The Balaban J connectivity index is 1.93. The van der Waals surface area contributed by atoms with Crippen LogP contribution >= 0.6 is 23.2 Å². The van der Waals surface area contributed by atoms with Crippen LogP contribution in [0.4, 0.5) is 0 Å². The van der Waals surface area contributed by atoms with E-state index in [2.05, 4.69) is 5.32 Å². The van der Waals surface area contributed by atoms with Crippen LogP contribution in [-0.4, -0.2) is 22.9 Å². The first-order valence-electron chi connectivity index (χ1n) is 5.98. The summed E-state index contributed by atoms with van der Waals surface area (Å²) in [5.41, 5.74) is 0.446. The van der Waals surface area contributed by atoms with Gasteiger partial charge in [-0.05, 0) is 37.0 Å². The van der Waals surface area contributed by atoms with Gasteiger partial charge in [0.15, 0.2) is 0 Å². The summed E-state index contributed by atoms with van der Waals surface area (Å²) in [5.74, 6) is 0.140. The number of carbonyl (C=O) groups excluding carboxylic acids is 1. The van der Waals surface area contributed by atoms with Gasteiger partial charge in [0.05, 0.1) is 5.02 Å². The molecule has 1 amide bonds. The third-order valence-corrected chi connectivity index (χ3v) is 4.18. The average Bonchev–Trinajstić information content (AvgIpc) is 2.75. The van der Waals surface area contributed by atoms with E-state index in [1.54, 1.807) is 6.07 Å². The van der Waals surface area contributed by atoms with Gasteiger partial charge >= 0.3 is 0 Å². The zero-order valence-corrected chi connectivity index (χ0v) is 11.3. The van der Waals surface area contributed by atoms with Crippen LogP contribution in [0.15, 0.2) is 18.2 Å². The molecule has 1 aliphatic rings. The second-order valence-corrected chi connectivity index (χ2v) is 5.55. The van der Waals surface area contributed by atoms with Gasteiger partial charge in [0.25, 0.3) is 5.91 Å². The van der Waals surface area contributed by atoms with E-state index in [9.17, 15) is 9.90 Å². The maximum Gasteiger partial charge on any atom is 0.251 e. The topological polar surface area (TPSA) is 49.3 Å². The lowest BCUT2D eigenvalue weighted by Gasteiger charge is -2.14. The summed E-state index contributed by atoms with van der Waals surface area (Å²) < 4.78 is 0. The minimum absolute atomic E-state index is 0.0233. The fourth-order valence-corrected chi connectivity index (χ4v) is 2.75. The van der Waals surface area contributed by atoms with Crippen LogP contribution in [-0.2, 0) is 0 Å². The number of aromatic hydroxyl groups is 1. The molecule has 2 unspecified atom stereocenters. The molecule has 0 spiro atoms. The third kappa shape index (κ3) is 3.09. The van der Waals surface area contributed by atoms with E-state index in [-0.39, 0.29) is 22.1 Å². The lowest BCUT2D eigenvalue weighted by Crippen LogP contribution is -2.31. The number of phenols is 1. The number of amides is 1. The van der Waals surface area contributed by atoms with Gasteiger partial charge in [0.1, 0.15) is 5.75 Å². The molecule has 0 bridgehead atoms. The number of hydrogen-bond acceptors (Lipinski definition) is 2. The zero-order valence-electron chi connectivity index (χ0n) is 9.83. The van der Waals surface area contributed by atoms with Gasteiger partial charge < -0.3 is 10.4 Å². The van der Waals surface area contributed by atoms with Crippen molar-refractivity contribution in [3.63, 3.8) is 0 Å². The molecule has 0 aliphatic heterocycles. The van der Waals surface area contributed by atoms with Gasteiger partial charge in [-0.15, -0.1) is 11.6 Å². The largest absolute Gasteiger partial charge is 0.506 e.